The van der Waals surface area contributed by atoms with Gasteiger partial charge in [0.2, 0.25) is 11.8 Å². The number of nitrogen functional groups attached to an aromatic ring is 1. The van der Waals surface area contributed by atoms with Gasteiger partial charge in [0, 0.05) is 26.5 Å². The summed E-state index contributed by atoms with van der Waals surface area (Å²) in [5.41, 5.74) is 6.10. The van der Waals surface area contributed by atoms with E-state index < -0.39 is 86.1 Å². The Hall–Kier alpha value is -2.96. The lowest BCUT2D eigenvalue weighted by Gasteiger charge is -2.42. The zero-order chi connectivity index (χ0) is 43.5. The molecule has 59 heavy (non-hydrogen) atoms. The molecule has 336 valence electrons. The molecule has 0 radical (unpaired) electrons. The molecule has 2 aromatic rings. The first-order valence-corrected chi connectivity index (χ1v) is 21.1. The number of nitrogens with one attached hydrogen (secondary N) is 2. The number of unbranched alkanes of at least 4 members (excludes halogenated alkanes) is 1. The normalized spacial score (nSPS) is 27.5. The van der Waals surface area contributed by atoms with Gasteiger partial charge in [0.05, 0.1) is 50.1 Å². The maximum atomic E-state index is 13.0. The number of aliphatic hydroxyl groups excluding tert-OH is 3. The van der Waals surface area contributed by atoms with Crippen LogP contribution in [0.15, 0.2) is 12.7 Å². The van der Waals surface area contributed by atoms with Crippen LogP contribution in [0.25, 0.3) is 11.2 Å². The molecule has 4 heterocycles. The van der Waals surface area contributed by atoms with Crippen LogP contribution in [0.1, 0.15) is 74.0 Å². The van der Waals surface area contributed by atoms with Crippen molar-refractivity contribution in [3.63, 3.8) is 0 Å². The Morgan fingerprint density at radius 2 is 1.68 bits per heavy atom. The molecule has 0 aromatic carbocycles. The minimum atomic E-state index is -4.05. The van der Waals surface area contributed by atoms with Crippen LogP contribution in [0.5, 0.6) is 0 Å². The van der Waals surface area contributed by atoms with Crippen LogP contribution in [0.2, 0.25) is 0 Å². The summed E-state index contributed by atoms with van der Waals surface area (Å²) in [4.78, 5) is 47.2. The second kappa shape index (κ2) is 21.7. The molecule has 2 aliphatic rings. The van der Waals surface area contributed by atoms with E-state index in [-0.39, 0.29) is 64.5 Å². The maximum absolute atomic E-state index is 13.0. The van der Waals surface area contributed by atoms with Crippen molar-refractivity contribution in [1.82, 2.24) is 30.2 Å². The lowest BCUT2D eigenvalue weighted by atomic mass is 9.97. The second-order valence-electron chi connectivity index (χ2n) is 16.2. The van der Waals surface area contributed by atoms with Crippen LogP contribution in [0.3, 0.4) is 0 Å². The highest BCUT2D eigenvalue weighted by atomic mass is 31.2. The maximum Gasteiger partial charge on any atom is 0.333 e. The van der Waals surface area contributed by atoms with Gasteiger partial charge >= 0.3 is 7.60 Å². The zero-order valence-corrected chi connectivity index (χ0v) is 35.6. The fraction of sp³-hybridized carbons (Fsp3) is 0.806. The van der Waals surface area contributed by atoms with Gasteiger partial charge in [-0.2, -0.15) is 0 Å². The zero-order valence-electron chi connectivity index (χ0n) is 34.7. The van der Waals surface area contributed by atoms with E-state index in [1.54, 1.807) is 25.3 Å². The highest BCUT2D eigenvalue weighted by Gasteiger charge is 2.51. The Morgan fingerprint density at radius 1 is 0.949 bits per heavy atom. The van der Waals surface area contributed by atoms with Gasteiger partial charge in [0.1, 0.15) is 61.3 Å². The number of carbonyl (C=O) groups is 2. The Labute approximate surface area is 343 Å². The highest BCUT2D eigenvalue weighted by Crippen LogP contribution is 2.55. The van der Waals surface area contributed by atoms with Crippen molar-refractivity contribution in [3.05, 3.63) is 12.7 Å². The average molecular weight is 864 g/mol. The molecule has 2 aromatic heterocycles. The summed E-state index contributed by atoms with van der Waals surface area (Å²) in [5.74, 6) is -0.462. The Kier molecular flexibility index (Phi) is 17.9. The van der Waals surface area contributed by atoms with E-state index in [4.69, 9.17) is 43.4 Å². The first-order chi connectivity index (χ1) is 27.7. The van der Waals surface area contributed by atoms with Crippen LogP contribution in [-0.4, -0.2) is 164 Å². The molecule has 0 saturated carbocycles. The van der Waals surface area contributed by atoms with E-state index in [9.17, 15) is 34.4 Å². The van der Waals surface area contributed by atoms with Gasteiger partial charge in [-0.05, 0) is 54.4 Å². The van der Waals surface area contributed by atoms with Crippen molar-refractivity contribution < 1.29 is 72.0 Å². The molecule has 2 fully saturated rings. The van der Waals surface area contributed by atoms with E-state index in [0.717, 1.165) is 0 Å². The molecule has 1 unspecified atom stereocenters. The number of hydrogen-bond donors (Lipinski definition) is 7. The van der Waals surface area contributed by atoms with Gasteiger partial charge in [0.25, 0.3) is 0 Å². The summed E-state index contributed by atoms with van der Waals surface area (Å²) < 4.78 is 61.8. The number of nitrogens with zero attached hydrogens (tertiary/aromatic N) is 4. The van der Waals surface area contributed by atoms with Gasteiger partial charge < -0.3 is 74.3 Å². The van der Waals surface area contributed by atoms with Crippen LogP contribution >= 0.6 is 7.60 Å². The standard InChI is InChI=1S/C36H62N7O15P/c1-21(45)42-25-28(48)27(47)22(16-44)57-34(25)53-12-9-8-10-24(46)38-11-13-51-14-15-52-20-54-30-29(58-35(2,3)4)23(17-55-59(49,50)36(5,6)7)56-33(30)43-19-41-26-31(37)39-18-40-32(26)43/h18-19,22-23,25,27-30,33-34,44,47-48H,8-17,20H2,1-7H3,(H,38,46)(H,42,45)(H,49,50)(H2,37,39,40)/t22-,23-,25-,27+,28-,29-,30-,33-,34-/m1/s1. The SMILES string of the molecule is CC(=O)N[C@H]1[C@H](OCCCCC(=O)NCCOCCOCO[C@@H]2[C@H](OC(C)(C)C)[C@@H](COP(=O)(O)C(C)(C)C)O[C@H]2n2cnc3c(N)ncnc32)O[C@H](CO)[C@H](O)[C@@H]1O. The first kappa shape index (κ1) is 48.7. The summed E-state index contributed by atoms with van der Waals surface area (Å²) >= 11 is 0. The van der Waals surface area contributed by atoms with Crippen molar-refractivity contribution in [2.75, 3.05) is 58.7 Å². The lowest BCUT2D eigenvalue weighted by molar-refractivity contribution is -0.270. The molecular weight excluding hydrogens is 801 g/mol. The van der Waals surface area contributed by atoms with Crippen molar-refractivity contribution in [3.8, 4) is 0 Å². The third kappa shape index (κ3) is 13.8. The fourth-order valence-corrected chi connectivity index (χ4v) is 6.91. The van der Waals surface area contributed by atoms with Gasteiger partial charge in [-0.3, -0.25) is 18.7 Å². The van der Waals surface area contributed by atoms with Crippen molar-refractivity contribution >= 4 is 36.4 Å². The van der Waals surface area contributed by atoms with Crippen LogP contribution in [0, 0.1) is 0 Å². The second-order valence-corrected chi connectivity index (χ2v) is 18.9. The first-order valence-electron chi connectivity index (χ1n) is 19.5. The molecule has 8 N–H and O–H groups in total. The van der Waals surface area contributed by atoms with E-state index in [1.807, 2.05) is 20.8 Å². The summed E-state index contributed by atoms with van der Waals surface area (Å²) in [6.07, 6.45) is -4.35. The monoisotopic (exact) mass is 863 g/mol. The van der Waals surface area contributed by atoms with E-state index in [1.165, 1.54) is 19.6 Å². The van der Waals surface area contributed by atoms with Gasteiger partial charge in [-0.15, -0.1) is 0 Å². The Morgan fingerprint density at radius 3 is 2.36 bits per heavy atom. The molecule has 22 nitrogen and oxygen atoms in total. The number of imidazole rings is 1. The number of anilines is 1. The van der Waals surface area contributed by atoms with Crippen LogP contribution < -0.4 is 16.4 Å². The predicted octanol–water partition coefficient (Wildman–Crippen LogP) is 0.113. The topological polar surface area (TPSA) is 300 Å². The predicted molar refractivity (Wildman–Crippen MR) is 208 cm³/mol. The molecule has 2 amide bonds. The molecule has 23 heteroatoms. The number of amides is 2. The lowest BCUT2D eigenvalue weighted by Crippen LogP contribution is -2.64. The van der Waals surface area contributed by atoms with Gasteiger partial charge in [-0.1, -0.05) is 0 Å². The van der Waals surface area contributed by atoms with Gasteiger partial charge in [0.15, 0.2) is 24.0 Å². The molecule has 0 aliphatic carbocycles. The molecular formula is C36H62N7O15P. The number of fused-ring (bicyclic) bond motifs is 1. The Balaban J connectivity index is 1.20. The van der Waals surface area contributed by atoms with E-state index in [2.05, 4.69) is 25.6 Å². The van der Waals surface area contributed by atoms with Crippen LogP contribution in [0.4, 0.5) is 5.82 Å². The number of ether oxygens (including phenoxy) is 7. The molecule has 4 rings (SSSR count). The molecule has 0 bridgehead atoms. The highest BCUT2D eigenvalue weighted by molar-refractivity contribution is 7.54. The van der Waals surface area contributed by atoms with Crippen molar-refractivity contribution in [2.45, 2.75) is 134 Å². The number of carbonyl (C=O) groups excluding carboxylic acids is 2. The largest absolute Gasteiger partial charge is 0.394 e. The van der Waals surface area contributed by atoms with Crippen LogP contribution in [-0.2, 0) is 51.8 Å². The number of aromatic nitrogens is 4. The average Bonchev–Trinajstić information content (AvgIpc) is 3.73. The fourth-order valence-electron chi connectivity index (χ4n) is 6.18. The minimum Gasteiger partial charge on any atom is -0.394 e. The van der Waals surface area contributed by atoms with E-state index >= 15 is 0 Å². The minimum absolute atomic E-state index is 0.143. The third-order valence-electron chi connectivity index (χ3n) is 9.31. The summed E-state index contributed by atoms with van der Waals surface area (Å²) in [6, 6.07) is -1.03. The number of aliphatic hydroxyl groups is 3. The summed E-state index contributed by atoms with van der Waals surface area (Å²) in [5, 5.41) is 34.2. The number of hydrogen-bond acceptors (Lipinski definition) is 18. The molecule has 2 saturated heterocycles. The number of nitrogens with two attached hydrogens (primary N) is 1. The van der Waals surface area contributed by atoms with Gasteiger partial charge in [-0.25, -0.2) is 15.0 Å². The third-order valence-corrected chi connectivity index (χ3v) is 11.5. The Bertz CT molecular complexity index is 1690. The molecule has 10 atom stereocenters. The number of rotatable bonds is 22. The molecule has 2 aliphatic heterocycles. The van der Waals surface area contributed by atoms with Crippen molar-refractivity contribution in [2.24, 2.45) is 0 Å². The molecule has 0 spiro atoms. The summed E-state index contributed by atoms with van der Waals surface area (Å²) in [7, 11) is -4.05. The quantitative estimate of drug-likeness (QED) is 0.0470. The summed E-state index contributed by atoms with van der Waals surface area (Å²) in [6.45, 7) is 11.7. The smallest absolute Gasteiger partial charge is 0.333 e. The van der Waals surface area contributed by atoms with E-state index in [0.29, 0.717) is 24.0 Å². The van der Waals surface area contributed by atoms with Crippen molar-refractivity contribution in [1.29, 1.82) is 0 Å².